The lowest BCUT2D eigenvalue weighted by molar-refractivity contribution is -0.115. The van der Waals surface area contributed by atoms with Crippen LogP contribution in [0, 0.1) is 5.82 Å². The number of nitrogens with one attached hydrogen (secondary N) is 3. The molecule has 8 nitrogen and oxygen atoms in total. The monoisotopic (exact) mass is 510 g/mol. The molecular formula is C24H23FN6O2S2. The number of rotatable bonds is 7. The second kappa shape index (κ2) is 10.6. The maximum Gasteiger partial charge on any atom is 0.290 e. The zero-order chi connectivity index (χ0) is 24.2. The molecule has 0 spiro atoms. The Hall–Kier alpha value is -3.15. The van der Waals surface area contributed by atoms with E-state index in [1.54, 1.807) is 35.7 Å². The van der Waals surface area contributed by atoms with E-state index < -0.39 is 5.91 Å². The molecule has 180 valence electrons. The van der Waals surface area contributed by atoms with Crippen molar-refractivity contribution in [2.45, 2.75) is 44.3 Å². The lowest BCUT2D eigenvalue weighted by Gasteiger charge is -2.29. The Morgan fingerprint density at radius 2 is 1.91 bits per heavy atom. The van der Waals surface area contributed by atoms with Crippen LogP contribution in [0.5, 0.6) is 0 Å². The van der Waals surface area contributed by atoms with E-state index in [1.165, 1.54) is 6.07 Å². The molecule has 2 fully saturated rings. The van der Waals surface area contributed by atoms with Crippen molar-refractivity contribution in [3.05, 3.63) is 63.3 Å². The number of carbonyl (C=O) groups is 2. The molecule has 0 unspecified atom stereocenters. The predicted molar refractivity (Wildman–Crippen MR) is 135 cm³/mol. The van der Waals surface area contributed by atoms with Gasteiger partial charge in [-0.25, -0.2) is 19.3 Å². The number of imide groups is 1. The van der Waals surface area contributed by atoms with E-state index in [2.05, 4.69) is 30.9 Å². The average molecular weight is 511 g/mol. The Morgan fingerprint density at radius 3 is 2.66 bits per heavy atom. The normalized spacial score (nSPS) is 21.3. The van der Waals surface area contributed by atoms with E-state index in [-0.39, 0.29) is 23.1 Å². The Bertz CT molecular complexity index is 1260. The van der Waals surface area contributed by atoms with Crippen LogP contribution in [0.2, 0.25) is 0 Å². The lowest BCUT2D eigenvalue weighted by atomic mass is 9.91. The van der Waals surface area contributed by atoms with Gasteiger partial charge in [-0.3, -0.25) is 14.9 Å². The first-order valence-corrected chi connectivity index (χ1v) is 13.1. The molecule has 35 heavy (non-hydrogen) atoms. The number of hydrogen-bond acceptors (Lipinski definition) is 9. The highest BCUT2D eigenvalue weighted by Crippen LogP contribution is 2.26. The number of pyridine rings is 1. The molecule has 3 aromatic heterocycles. The van der Waals surface area contributed by atoms with Gasteiger partial charge >= 0.3 is 0 Å². The fourth-order valence-electron chi connectivity index (χ4n) is 4.12. The predicted octanol–water partition coefficient (Wildman–Crippen LogP) is 4.58. The molecule has 0 aromatic carbocycles. The van der Waals surface area contributed by atoms with Gasteiger partial charge < -0.3 is 10.6 Å². The smallest absolute Gasteiger partial charge is 0.290 e. The fourth-order valence-corrected chi connectivity index (χ4v) is 5.44. The van der Waals surface area contributed by atoms with Gasteiger partial charge in [-0.1, -0.05) is 0 Å². The van der Waals surface area contributed by atoms with Gasteiger partial charge in [-0.2, -0.15) is 11.3 Å². The van der Waals surface area contributed by atoms with Crippen LogP contribution in [0.4, 0.5) is 15.1 Å². The van der Waals surface area contributed by atoms with Crippen molar-refractivity contribution < 1.29 is 14.0 Å². The zero-order valence-electron chi connectivity index (χ0n) is 18.7. The van der Waals surface area contributed by atoms with Crippen LogP contribution in [0.25, 0.3) is 17.3 Å². The number of aromatic nitrogens is 3. The van der Waals surface area contributed by atoms with Gasteiger partial charge in [0.25, 0.3) is 11.1 Å². The molecule has 4 heterocycles. The highest BCUT2D eigenvalue weighted by atomic mass is 32.2. The molecule has 1 aliphatic carbocycles. The van der Waals surface area contributed by atoms with Gasteiger partial charge in [0, 0.05) is 35.8 Å². The Morgan fingerprint density at radius 1 is 1.09 bits per heavy atom. The van der Waals surface area contributed by atoms with Crippen molar-refractivity contribution in [1.29, 1.82) is 0 Å². The van der Waals surface area contributed by atoms with Gasteiger partial charge in [-0.15, -0.1) is 0 Å². The highest BCUT2D eigenvalue weighted by Gasteiger charge is 2.25. The third kappa shape index (κ3) is 5.92. The maximum absolute atomic E-state index is 14.3. The van der Waals surface area contributed by atoms with Crippen LogP contribution < -0.4 is 16.0 Å². The minimum atomic E-state index is -0.410. The first-order chi connectivity index (χ1) is 17.0. The van der Waals surface area contributed by atoms with Gasteiger partial charge in [-0.05, 0) is 73.2 Å². The van der Waals surface area contributed by atoms with Crippen molar-refractivity contribution in [3.63, 3.8) is 0 Å². The third-order valence-electron chi connectivity index (χ3n) is 5.95. The Labute approximate surface area is 209 Å². The summed E-state index contributed by atoms with van der Waals surface area (Å²) in [5, 5.41) is 12.7. The van der Waals surface area contributed by atoms with E-state index in [1.807, 2.05) is 16.8 Å². The second-order valence-corrected chi connectivity index (χ2v) is 10.2. The SMILES string of the molecule is O=C1NC(=O)C(=Cc2ccnc(NC3CCC(NCc4nc(-c5ccsc5)ccc4F)CC3)n2)S1. The maximum atomic E-state index is 14.3. The molecule has 0 bridgehead atoms. The molecule has 0 radical (unpaired) electrons. The summed E-state index contributed by atoms with van der Waals surface area (Å²) in [4.78, 5) is 36.7. The molecular weight excluding hydrogens is 487 g/mol. The summed E-state index contributed by atoms with van der Waals surface area (Å²) in [6.45, 7) is 0.389. The first-order valence-electron chi connectivity index (χ1n) is 11.3. The number of carbonyl (C=O) groups excluding carboxylic acids is 2. The first kappa shape index (κ1) is 23.6. The molecule has 2 aliphatic rings. The molecule has 1 aliphatic heterocycles. The minimum Gasteiger partial charge on any atom is -0.351 e. The van der Waals surface area contributed by atoms with Crippen LogP contribution in [-0.4, -0.2) is 38.2 Å². The quantitative estimate of drug-likeness (QED) is 0.397. The number of anilines is 1. The molecule has 3 aromatic rings. The zero-order valence-corrected chi connectivity index (χ0v) is 20.3. The van der Waals surface area contributed by atoms with Crippen LogP contribution >= 0.6 is 23.1 Å². The second-order valence-electron chi connectivity index (χ2n) is 8.37. The van der Waals surface area contributed by atoms with Crippen LogP contribution in [0.1, 0.15) is 37.1 Å². The summed E-state index contributed by atoms with van der Waals surface area (Å²) in [6, 6.07) is 7.38. The van der Waals surface area contributed by atoms with Gasteiger partial charge in [0.15, 0.2) is 0 Å². The van der Waals surface area contributed by atoms with Gasteiger partial charge in [0.05, 0.1) is 22.0 Å². The standard InChI is InChI=1S/C24H23FN6O2S2/c25-18-5-6-19(14-8-10-34-13-14)30-20(18)12-27-15-1-3-16(4-2-15)28-23-26-9-7-17(29-23)11-21-22(32)31-24(33)35-21/h5-11,13,15-16,27H,1-4,12H2,(H,26,28,29)(H,31,32,33). The highest BCUT2D eigenvalue weighted by molar-refractivity contribution is 8.18. The number of hydrogen-bond donors (Lipinski definition) is 3. The topological polar surface area (TPSA) is 109 Å². The molecule has 1 saturated heterocycles. The summed E-state index contributed by atoms with van der Waals surface area (Å²) in [7, 11) is 0. The van der Waals surface area contributed by atoms with Crippen molar-refractivity contribution in [3.8, 4) is 11.3 Å². The van der Waals surface area contributed by atoms with E-state index in [9.17, 15) is 14.0 Å². The van der Waals surface area contributed by atoms with Crippen LogP contribution in [0.15, 0.2) is 46.1 Å². The fraction of sp³-hybridized carbons (Fsp3) is 0.292. The summed E-state index contributed by atoms with van der Waals surface area (Å²) >= 11 is 2.45. The summed E-state index contributed by atoms with van der Waals surface area (Å²) < 4.78 is 14.3. The van der Waals surface area contributed by atoms with Gasteiger partial charge in [0.1, 0.15) is 5.82 Å². The van der Waals surface area contributed by atoms with Crippen molar-refractivity contribution in [2.24, 2.45) is 0 Å². The minimum absolute atomic E-state index is 0.221. The Balaban J connectivity index is 1.13. The van der Waals surface area contributed by atoms with Crippen LogP contribution in [-0.2, 0) is 11.3 Å². The number of thioether (sulfide) groups is 1. The van der Waals surface area contributed by atoms with E-state index in [0.29, 0.717) is 28.8 Å². The number of thiophene rings is 1. The van der Waals surface area contributed by atoms with E-state index in [0.717, 1.165) is 48.7 Å². The Kier molecular flexibility index (Phi) is 7.16. The summed E-state index contributed by atoms with van der Waals surface area (Å²) in [6.07, 6.45) is 6.92. The van der Waals surface area contributed by atoms with Crippen molar-refractivity contribution >= 4 is 46.3 Å². The van der Waals surface area contributed by atoms with E-state index >= 15 is 0 Å². The van der Waals surface area contributed by atoms with Crippen molar-refractivity contribution in [1.82, 2.24) is 25.6 Å². The number of amides is 2. The molecule has 3 N–H and O–H groups in total. The number of nitrogens with zero attached hydrogens (tertiary/aromatic N) is 3. The van der Waals surface area contributed by atoms with Crippen LogP contribution in [0.3, 0.4) is 0 Å². The summed E-state index contributed by atoms with van der Waals surface area (Å²) in [5.41, 5.74) is 2.78. The van der Waals surface area contributed by atoms with Crippen molar-refractivity contribution in [2.75, 3.05) is 5.32 Å². The third-order valence-corrected chi connectivity index (χ3v) is 7.45. The molecule has 11 heteroatoms. The largest absolute Gasteiger partial charge is 0.351 e. The summed E-state index contributed by atoms with van der Waals surface area (Å²) in [5.74, 6) is -0.217. The number of halogens is 1. The lowest BCUT2D eigenvalue weighted by Crippen LogP contribution is -2.37. The average Bonchev–Trinajstić information content (AvgIpc) is 3.49. The molecule has 1 saturated carbocycles. The molecule has 2 amide bonds. The van der Waals surface area contributed by atoms with E-state index in [4.69, 9.17) is 0 Å². The molecule has 0 atom stereocenters. The van der Waals surface area contributed by atoms with Gasteiger partial charge in [0.2, 0.25) is 5.95 Å². The molecule has 5 rings (SSSR count).